The quantitative estimate of drug-likeness (QED) is 0.821. The van der Waals surface area contributed by atoms with E-state index in [1.807, 2.05) is 24.3 Å². The van der Waals surface area contributed by atoms with Crippen LogP contribution in [-0.4, -0.2) is 15.6 Å². The molecule has 0 aliphatic rings. The zero-order chi connectivity index (χ0) is 11.7. The average molecular weight is 217 g/mol. The van der Waals surface area contributed by atoms with E-state index in [2.05, 4.69) is 0 Å². The van der Waals surface area contributed by atoms with Gasteiger partial charge in [-0.15, -0.1) is 0 Å². The molecule has 0 saturated heterocycles. The van der Waals surface area contributed by atoms with Crippen molar-refractivity contribution in [2.75, 3.05) is 0 Å². The summed E-state index contributed by atoms with van der Waals surface area (Å²) in [6, 6.07) is 8.68. The van der Waals surface area contributed by atoms with Crippen LogP contribution in [0.3, 0.4) is 0 Å². The number of hydrogen-bond donors (Lipinski definition) is 1. The molecule has 4 heteroatoms. The van der Waals surface area contributed by atoms with Gasteiger partial charge in [0.1, 0.15) is 0 Å². The van der Waals surface area contributed by atoms with Crippen molar-refractivity contribution in [3.63, 3.8) is 0 Å². The van der Waals surface area contributed by atoms with Crippen LogP contribution in [0.1, 0.15) is 5.56 Å². The van der Waals surface area contributed by atoms with E-state index in [1.165, 1.54) is 10.6 Å². The van der Waals surface area contributed by atoms with Gasteiger partial charge in [0.05, 0.1) is 11.9 Å². The summed E-state index contributed by atoms with van der Waals surface area (Å²) in [6.07, 6.45) is -0.128. The predicted molar refractivity (Wildman–Crippen MR) is 60.5 cm³/mol. The van der Waals surface area contributed by atoms with Crippen molar-refractivity contribution in [1.29, 1.82) is 0 Å². The molecule has 0 atom stereocenters. The van der Waals surface area contributed by atoms with E-state index in [1.54, 1.807) is 7.05 Å². The fourth-order valence-corrected chi connectivity index (χ4v) is 1.79. The maximum Gasteiger partial charge on any atom is 0.307 e. The molecule has 4 nitrogen and oxygen atoms in total. The van der Waals surface area contributed by atoms with Crippen molar-refractivity contribution < 1.29 is 9.90 Å². The molecule has 0 aliphatic carbocycles. The fraction of sp³-hybridized carbons (Fsp3) is 0.167. The SMILES string of the molecule is Cn1c(=O)cc(CC(=O)O)c2ccccc21. The third-order valence-electron chi connectivity index (χ3n) is 2.58. The van der Waals surface area contributed by atoms with Crippen LogP contribution in [0.2, 0.25) is 0 Å². The monoisotopic (exact) mass is 217 g/mol. The maximum atomic E-state index is 11.6. The van der Waals surface area contributed by atoms with Crippen molar-refractivity contribution in [2.45, 2.75) is 6.42 Å². The Hall–Kier alpha value is -2.10. The van der Waals surface area contributed by atoms with E-state index in [4.69, 9.17) is 5.11 Å². The summed E-state index contributed by atoms with van der Waals surface area (Å²) in [5.74, 6) is -0.932. The largest absolute Gasteiger partial charge is 0.481 e. The number of hydrogen-bond acceptors (Lipinski definition) is 2. The number of aryl methyl sites for hydroxylation is 1. The van der Waals surface area contributed by atoms with Gasteiger partial charge in [-0.2, -0.15) is 0 Å². The van der Waals surface area contributed by atoms with Gasteiger partial charge in [-0.3, -0.25) is 9.59 Å². The van der Waals surface area contributed by atoms with Crippen molar-refractivity contribution in [1.82, 2.24) is 4.57 Å². The number of aromatic nitrogens is 1. The lowest BCUT2D eigenvalue weighted by molar-refractivity contribution is -0.136. The Kier molecular flexibility index (Phi) is 2.48. The van der Waals surface area contributed by atoms with Gasteiger partial charge >= 0.3 is 5.97 Å². The average Bonchev–Trinajstić information content (AvgIpc) is 2.25. The normalized spacial score (nSPS) is 10.6. The number of carboxylic acid groups (broad SMARTS) is 1. The van der Waals surface area contributed by atoms with Crippen LogP contribution in [0.25, 0.3) is 10.9 Å². The second-order valence-electron chi connectivity index (χ2n) is 3.65. The summed E-state index contributed by atoms with van der Waals surface area (Å²) < 4.78 is 1.51. The predicted octanol–water partition coefficient (Wildman–Crippen LogP) is 1.17. The summed E-state index contributed by atoms with van der Waals surface area (Å²) >= 11 is 0. The highest BCUT2D eigenvalue weighted by atomic mass is 16.4. The molecule has 2 rings (SSSR count). The Labute approximate surface area is 91.8 Å². The van der Waals surface area contributed by atoms with E-state index in [0.29, 0.717) is 5.56 Å². The van der Waals surface area contributed by atoms with Crippen molar-refractivity contribution in [3.8, 4) is 0 Å². The van der Waals surface area contributed by atoms with E-state index >= 15 is 0 Å². The number of fused-ring (bicyclic) bond motifs is 1. The summed E-state index contributed by atoms with van der Waals surface area (Å²) in [6.45, 7) is 0. The first-order valence-electron chi connectivity index (χ1n) is 4.89. The van der Waals surface area contributed by atoms with Crippen LogP contribution < -0.4 is 5.56 Å². The highest BCUT2D eigenvalue weighted by molar-refractivity contribution is 5.86. The minimum absolute atomic E-state index is 0.128. The molecule has 0 amide bonds. The second-order valence-corrected chi connectivity index (χ2v) is 3.65. The molecule has 0 radical (unpaired) electrons. The fourth-order valence-electron chi connectivity index (χ4n) is 1.79. The van der Waals surface area contributed by atoms with Crippen molar-refractivity contribution >= 4 is 16.9 Å². The molecule has 0 spiro atoms. The van der Waals surface area contributed by atoms with Crippen LogP contribution in [0, 0.1) is 0 Å². The number of benzene rings is 1. The standard InChI is InChI=1S/C12H11NO3/c1-13-10-5-3-2-4-9(10)8(6-11(13)14)7-12(15)16/h2-6H,7H2,1H3,(H,15,16). The third-order valence-corrected chi connectivity index (χ3v) is 2.58. The second kappa shape index (κ2) is 3.81. The van der Waals surface area contributed by atoms with Gasteiger partial charge in [0.25, 0.3) is 5.56 Å². The van der Waals surface area contributed by atoms with Crippen LogP contribution in [0.15, 0.2) is 35.1 Å². The summed E-state index contributed by atoms with van der Waals surface area (Å²) in [7, 11) is 1.68. The zero-order valence-electron chi connectivity index (χ0n) is 8.80. The van der Waals surface area contributed by atoms with E-state index in [0.717, 1.165) is 10.9 Å². The highest BCUT2D eigenvalue weighted by Gasteiger charge is 2.08. The summed E-state index contributed by atoms with van der Waals surface area (Å²) in [4.78, 5) is 22.3. The molecule has 16 heavy (non-hydrogen) atoms. The third kappa shape index (κ3) is 1.69. The zero-order valence-corrected chi connectivity index (χ0v) is 8.80. The van der Waals surface area contributed by atoms with Gasteiger partial charge in [0.15, 0.2) is 0 Å². The van der Waals surface area contributed by atoms with Crippen LogP contribution >= 0.6 is 0 Å². The van der Waals surface area contributed by atoms with Crippen molar-refractivity contribution in [3.05, 3.63) is 46.2 Å². The van der Waals surface area contributed by atoms with E-state index in [-0.39, 0.29) is 12.0 Å². The number of aliphatic carboxylic acids is 1. The molecule has 0 aliphatic heterocycles. The summed E-state index contributed by atoms with van der Waals surface area (Å²) in [5.41, 5.74) is 1.13. The number of para-hydroxylation sites is 1. The lowest BCUT2D eigenvalue weighted by atomic mass is 10.1. The molecular formula is C12H11NO3. The van der Waals surface area contributed by atoms with E-state index in [9.17, 15) is 9.59 Å². The number of carboxylic acids is 1. The Balaban J connectivity index is 2.79. The topological polar surface area (TPSA) is 59.3 Å². The Bertz CT molecular complexity index is 613. The van der Waals surface area contributed by atoms with Gasteiger partial charge < -0.3 is 9.67 Å². The first-order valence-corrected chi connectivity index (χ1v) is 4.89. The molecule has 1 heterocycles. The summed E-state index contributed by atoms with van der Waals surface area (Å²) in [5, 5.41) is 9.59. The lowest BCUT2D eigenvalue weighted by Crippen LogP contribution is -2.18. The van der Waals surface area contributed by atoms with Gasteiger partial charge in [-0.25, -0.2) is 0 Å². The minimum Gasteiger partial charge on any atom is -0.481 e. The number of nitrogens with zero attached hydrogens (tertiary/aromatic N) is 1. The first-order chi connectivity index (χ1) is 7.59. The van der Waals surface area contributed by atoms with E-state index < -0.39 is 5.97 Å². The highest BCUT2D eigenvalue weighted by Crippen LogP contribution is 2.16. The maximum absolute atomic E-state index is 11.6. The number of pyridine rings is 1. The minimum atomic E-state index is -0.932. The molecule has 0 unspecified atom stereocenters. The smallest absolute Gasteiger partial charge is 0.307 e. The Morgan fingerprint density at radius 2 is 2.06 bits per heavy atom. The molecule has 0 bridgehead atoms. The molecule has 2 aromatic rings. The molecule has 0 saturated carbocycles. The van der Waals surface area contributed by atoms with Crippen LogP contribution in [-0.2, 0) is 18.3 Å². The van der Waals surface area contributed by atoms with Crippen LogP contribution in [0.5, 0.6) is 0 Å². The van der Waals surface area contributed by atoms with Gasteiger partial charge in [-0.05, 0) is 11.6 Å². The Morgan fingerprint density at radius 1 is 1.38 bits per heavy atom. The lowest BCUT2D eigenvalue weighted by Gasteiger charge is -2.08. The molecule has 1 N–H and O–H groups in total. The number of rotatable bonds is 2. The molecule has 82 valence electrons. The van der Waals surface area contributed by atoms with Crippen LogP contribution in [0.4, 0.5) is 0 Å². The number of carbonyl (C=O) groups is 1. The van der Waals surface area contributed by atoms with Gasteiger partial charge in [0, 0.05) is 18.5 Å². The van der Waals surface area contributed by atoms with Gasteiger partial charge in [0.2, 0.25) is 0 Å². The first kappa shape index (κ1) is 10.4. The molecule has 0 fully saturated rings. The molecular weight excluding hydrogens is 206 g/mol. The molecule has 1 aromatic carbocycles. The Morgan fingerprint density at radius 3 is 2.75 bits per heavy atom. The van der Waals surface area contributed by atoms with Gasteiger partial charge in [-0.1, -0.05) is 18.2 Å². The van der Waals surface area contributed by atoms with Crippen molar-refractivity contribution in [2.24, 2.45) is 7.05 Å². The molecule has 1 aromatic heterocycles.